The third-order valence-corrected chi connectivity index (χ3v) is 25.1. The number of phosphoric acid groups is 1. The van der Waals surface area contributed by atoms with E-state index in [4.69, 9.17) is 29.0 Å². The van der Waals surface area contributed by atoms with E-state index in [1.165, 1.54) is 22.0 Å². The predicted molar refractivity (Wildman–Crippen MR) is 449 cm³/mol. The molecular weight excluding hydrogens is 1560 g/mol. The van der Waals surface area contributed by atoms with E-state index in [9.17, 15) is 47.9 Å². The molecule has 1 aliphatic carbocycles. The summed E-state index contributed by atoms with van der Waals surface area (Å²) in [6, 6.07) is 28.6. The summed E-state index contributed by atoms with van der Waals surface area (Å²) in [5.74, 6) is -2.10. The SMILES string of the molecule is Cc1ncsc1-c1ccc([C@H](C)NC(=O)[C@@H]2C[C@@H](OP(=O)(O)O)CN2C(=O)[C@@H](c2cc(OCCN3CCN(CCOc4cc(N5C6CCC5CN(c5cc(-c7ccccc7OCc7ccc(NC(=O)[C@H](CCCCN(C)C)NC(=O)C8(C(=O)NCCCCCN9C(=O)C=CC9=O)CCC8)cc7)nnc5N)C6)ccn4)[C@H](C)C3)no2)C(C)C)cc1. The van der Waals surface area contributed by atoms with Crippen LogP contribution in [-0.2, 0) is 49.3 Å². The number of hydrogen-bond donors (Lipinski definition) is 7. The third-order valence-electron chi connectivity index (χ3n) is 23.5. The second kappa shape index (κ2) is 39.3. The minimum atomic E-state index is -4.97. The summed E-state index contributed by atoms with van der Waals surface area (Å²) < 4.78 is 41.9. The average Bonchev–Trinajstić information content (AvgIpc) is 1.75. The highest BCUT2D eigenvalue weighted by Crippen LogP contribution is 2.45. The lowest BCUT2D eigenvalue weighted by molar-refractivity contribution is -0.151. The van der Waals surface area contributed by atoms with Gasteiger partial charge in [-0.2, -0.15) is 0 Å². The molecule has 636 valence electrons. The lowest BCUT2D eigenvalue weighted by Crippen LogP contribution is -2.58. The lowest BCUT2D eigenvalue weighted by Gasteiger charge is -2.43. The molecule has 0 radical (unpaired) electrons. The maximum atomic E-state index is 14.6. The number of unbranched alkanes of at least 4 members (excludes halogenated alkanes) is 3. The first-order chi connectivity index (χ1) is 57.2. The number of aromatic nitrogens is 5. The highest BCUT2D eigenvalue weighted by atomic mass is 32.1. The van der Waals surface area contributed by atoms with Gasteiger partial charge in [0.1, 0.15) is 49.0 Å². The molecular formula is C85H110N17O15PS. The molecule has 34 heteroatoms. The van der Waals surface area contributed by atoms with E-state index < -0.39 is 61.1 Å². The molecule has 9 heterocycles. The van der Waals surface area contributed by atoms with Crippen LogP contribution in [0.2, 0.25) is 0 Å². The number of amides is 7. The van der Waals surface area contributed by atoms with Crippen LogP contribution in [0.15, 0.2) is 125 Å². The number of benzene rings is 3. The number of carbonyl (C=O) groups excluding carboxylic acids is 7. The van der Waals surface area contributed by atoms with Crippen molar-refractivity contribution in [2.75, 3.05) is 120 Å². The molecule has 2 bridgehead atoms. The number of likely N-dealkylation sites (tertiary alicyclic amines) is 1. The van der Waals surface area contributed by atoms with Crippen LogP contribution in [0.1, 0.15) is 139 Å². The van der Waals surface area contributed by atoms with E-state index >= 15 is 0 Å². The number of fused-ring (bicyclic) bond motifs is 2. The molecule has 5 fully saturated rings. The van der Waals surface area contributed by atoms with E-state index in [0.29, 0.717) is 133 Å². The molecule has 8 atom stereocenters. The molecule has 8 N–H and O–H groups in total. The number of phosphoric ester groups is 1. The molecule has 13 rings (SSSR count). The maximum Gasteiger partial charge on any atom is 0.469 e. The van der Waals surface area contributed by atoms with Crippen LogP contribution in [0.5, 0.6) is 17.5 Å². The zero-order valence-corrected chi connectivity index (χ0v) is 70.3. The minimum Gasteiger partial charge on any atom is -0.488 e. The summed E-state index contributed by atoms with van der Waals surface area (Å²) in [6.07, 6.45) is 10.3. The number of carbonyl (C=O) groups is 7. The molecule has 1 saturated carbocycles. The van der Waals surface area contributed by atoms with Crippen molar-refractivity contribution in [3.63, 3.8) is 0 Å². The number of ether oxygens (including phenoxy) is 3. The zero-order chi connectivity index (χ0) is 84.1. The Bertz CT molecular complexity index is 4760. The van der Waals surface area contributed by atoms with E-state index in [1.54, 1.807) is 35.0 Å². The van der Waals surface area contributed by atoms with Crippen LogP contribution in [-0.4, -0.2) is 237 Å². The summed E-state index contributed by atoms with van der Waals surface area (Å²) >= 11 is 1.54. The fourth-order valence-corrected chi connectivity index (χ4v) is 18.2. The van der Waals surface area contributed by atoms with Gasteiger partial charge in [0.2, 0.25) is 35.4 Å². The highest BCUT2D eigenvalue weighted by Gasteiger charge is 2.52. The largest absolute Gasteiger partial charge is 0.488 e. The number of rotatable bonds is 39. The van der Waals surface area contributed by atoms with Crippen LogP contribution in [0.4, 0.5) is 22.9 Å². The first kappa shape index (κ1) is 86.6. The van der Waals surface area contributed by atoms with E-state index in [1.807, 2.05) is 127 Å². The smallest absolute Gasteiger partial charge is 0.469 e. The molecule has 7 aromatic rings. The van der Waals surface area contributed by atoms with Gasteiger partial charge < -0.3 is 75.1 Å². The quantitative estimate of drug-likeness (QED) is 0.00819. The monoisotopic (exact) mass is 1670 g/mol. The molecule has 4 aromatic heterocycles. The molecule has 32 nitrogen and oxygen atoms in total. The van der Waals surface area contributed by atoms with Crippen molar-refractivity contribution in [1.82, 2.24) is 65.8 Å². The van der Waals surface area contributed by atoms with Gasteiger partial charge in [-0.3, -0.25) is 52.8 Å². The number of nitrogens with one attached hydrogen (secondary N) is 4. The summed E-state index contributed by atoms with van der Waals surface area (Å²) in [4.78, 5) is 138. The molecule has 0 spiro atoms. The van der Waals surface area contributed by atoms with Gasteiger partial charge in [0.05, 0.1) is 39.6 Å². The van der Waals surface area contributed by atoms with Crippen molar-refractivity contribution in [3.05, 3.63) is 144 Å². The number of thiazole rings is 1. The van der Waals surface area contributed by atoms with Gasteiger partial charge in [-0.1, -0.05) is 68.8 Å². The zero-order valence-electron chi connectivity index (χ0n) is 68.6. The van der Waals surface area contributed by atoms with Crippen LogP contribution < -0.4 is 51.0 Å². The van der Waals surface area contributed by atoms with Gasteiger partial charge in [0, 0.05) is 137 Å². The van der Waals surface area contributed by atoms with Crippen LogP contribution in [0.25, 0.3) is 21.7 Å². The van der Waals surface area contributed by atoms with Crippen molar-refractivity contribution in [2.45, 2.75) is 167 Å². The summed E-state index contributed by atoms with van der Waals surface area (Å²) in [5.41, 5.74) is 14.5. The Morgan fingerprint density at radius 3 is 2.23 bits per heavy atom. The van der Waals surface area contributed by atoms with E-state index in [-0.39, 0.29) is 78.9 Å². The second-order valence-corrected chi connectivity index (χ2v) is 34.6. The summed E-state index contributed by atoms with van der Waals surface area (Å²) in [6.45, 7) is 17.0. The molecule has 5 aliphatic heterocycles. The van der Waals surface area contributed by atoms with Gasteiger partial charge in [-0.05, 0) is 170 Å². The van der Waals surface area contributed by atoms with Crippen molar-refractivity contribution >= 4 is 83.4 Å². The van der Waals surface area contributed by atoms with E-state index in [0.717, 1.165) is 89.6 Å². The number of nitrogen functional groups attached to an aromatic ring is 1. The van der Waals surface area contributed by atoms with Gasteiger partial charge in [-0.15, -0.1) is 21.5 Å². The second-order valence-electron chi connectivity index (χ2n) is 32.5. The topological polar surface area (TPSA) is 388 Å². The standard InChI is InChI=1S/C85H110N17O15PS/c1-54(2)77(82(107)101-51-65(117-118(110,111)112)45-70(101)81(106)90-56(4)59-21-23-60(24-22-59)78-57(5)89-53-119-78)72-47-74(95-116-72)114-42-40-97-38-39-98(55(3)48-97)41-43-113-73-44-62(31-35-87-73)102-63-27-28-64(102)50-99(49-63)69-46-68(93-94-79(69)86)66-16-9-10-18-71(66)115-52-58-19-25-61(26-20-58)91-80(105)67(17-11-14-36-96(6)7)92-84(109)85(32-15-33-85)83(108)88-34-12-8-13-37-100-75(103)29-30-76(100)104/h9-10,16,18-26,29-31,35,44,46-47,53-56,63-65,67,70,77H,8,11-15,17,27-28,32-34,36-43,45,48-52H2,1-7H3,(H2,86,94)(H,88,108)(H,90,106)(H,91,105)(H,92,109)(H2,110,111,112)/t55-,56+,63?,64?,65-,67+,70+,77-/m1/s1. The predicted octanol–water partition coefficient (Wildman–Crippen LogP) is 8.67. The van der Waals surface area contributed by atoms with Gasteiger partial charge >= 0.3 is 7.82 Å². The Morgan fingerprint density at radius 1 is 0.790 bits per heavy atom. The van der Waals surface area contributed by atoms with Gasteiger partial charge in [0.25, 0.3) is 17.7 Å². The summed E-state index contributed by atoms with van der Waals surface area (Å²) in [7, 11) is -0.998. The Kier molecular flexibility index (Phi) is 28.6. The Morgan fingerprint density at radius 2 is 1.53 bits per heavy atom. The van der Waals surface area contributed by atoms with Crippen molar-refractivity contribution in [1.29, 1.82) is 0 Å². The first-order valence-electron chi connectivity index (χ1n) is 41.3. The fourth-order valence-electron chi connectivity index (χ4n) is 16.8. The number of piperazine rings is 2. The Balaban J connectivity index is 0.547. The van der Waals surface area contributed by atoms with E-state index in [2.05, 4.69) is 78.0 Å². The third kappa shape index (κ3) is 21.7. The molecule has 119 heavy (non-hydrogen) atoms. The van der Waals surface area contributed by atoms with Gasteiger partial charge in [-0.25, -0.2) is 14.5 Å². The van der Waals surface area contributed by atoms with Crippen LogP contribution in [0, 0.1) is 18.3 Å². The average molecular weight is 1670 g/mol. The Labute approximate surface area is 697 Å². The number of anilines is 4. The van der Waals surface area contributed by atoms with Crippen LogP contribution >= 0.6 is 19.2 Å². The minimum absolute atomic E-state index is 0.129. The Hall–Kier alpha value is -10.3. The maximum absolute atomic E-state index is 14.6. The number of hydrogen-bond acceptors (Lipinski definition) is 25. The molecule has 6 aliphatic rings. The molecule has 3 aromatic carbocycles. The number of nitrogens with zero attached hydrogens (tertiary/aromatic N) is 12. The van der Waals surface area contributed by atoms with Gasteiger partial charge in [0.15, 0.2) is 11.6 Å². The number of imide groups is 1. The molecule has 2 unspecified atom stereocenters. The van der Waals surface area contributed by atoms with Crippen molar-refractivity contribution in [2.24, 2.45) is 11.3 Å². The summed E-state index contributed by atoms with van der Waals surface area (Å²) in [5, 5.41) is 25.2. The highest BCUT2D eigenvalue weighted by molar-refractivity contribution is 7.46. The van der Waals surface area contributed by atoms with Crippen molar-refractivity contribution < 1.29 is 71.2 Å². The molecule has 7 amide bonds. The molecule has 4 saturated heterocycles. The first-order valence-corrected chi connectivity index (χ1v) is 43.7. The number of pyridine rings is 1. The number of para-hydroxylation sites is 1. The number of aryl methyl sites for hydroxylation is 1. The normalized spacial score (nSPS) is 20.0. The van der Waals surface area contributed by atoms with Crippen molar-refractivity contribution in [3.8, 4) is 39.2 Å². The number of nitrogens with two attached hydrogens (primary N) is 1. The lowest BCUT2D eigenvalue weighted by atomic mass is 9.67. The van der Waals surface area contributed by atoms with Crippen LogP contribution in [0.3, 0.4) is 0 Å². The fraction of sp³-hybridized carbons (Fsp3) is 0.506.